The van der Waals surface area contributed by atoms with E-state index in [1.165, 1.54) is 13.2 Å². The Kier molecular flexibility index (Phi) is 8.25. The highest BCUT2D eigenvalue weighted by molar-refractivity contribution is 9.10. The molecule has 1 heterocycles. The maximum atomic E-state index is 12.5. The number of halogens is 1. The molecule has 0 aliphatic carbocycles. The van der Waals surface area contributed by atoms with Crippen LogP contribution >= 0.6 is 15.9 Å². The molecule has 1 aliphatic rings. The number of nitrogens with zero attached hydrogens (tertiary/aromatic N) is 2. The molecule has 9 heteroatoms. The van der Waals surface area contributed by atoms with Gasteiger partial charge in [-0.25, -0.2) is 0 Å². The van der Waals surface area contributed by atoms with Gasteiger partial charge in [0.15, 0.2) is 6.61 Å². The van der Waals surface area contributed by atoms with E-state index in [0.29, 0.717) is 53.5 Å². The van der Waals surface area contributed by atoms with Crippen molar-refractivity contribution in [2.24, 2.45) is 0 Å². The van der Waals surface area contributed by atoms with Crippen LogP contribution in [0.15, 0.2) is 52.5 Å². The molecule has 1 saturated heterocycles. The Morgan fingerprint density at radius 2 is 2.03 bits per heavy atom. The molecule has 1 aliphatic heterocycles. The van der Waals surface area contributed by atoms with E-state index in [4.69, 9.17) is 14.2 Å². The van der Waals surface area contributed by atoms with E-state index < -0.39 is 5.91 Å². The Labute approximate surface area is 194 Å². The molecule has 0 aromatic heterocycles. The van der Waals surface area contributed by atoms with Crippen LogP contribution in [-0.4, -0.2) is 56.7 Å². The molecule has 0 bridgehead atoms. The highest BCUT2D eigenvalue weighted by atomic mass is 79.9. The smallest absolute Gasteiger partial charge is 0.266 e. The number of carbonyl (C=O) groups excluding carboxylic acids is 2. The lowest BCUT2D eigenvalue weighted by Gasteiger charge is -2.26. The van der Waals surface area contributed by atoms with E-state index in [0.717, 1.165) is 0 Å². The average Bonchev–Trinajstić information content (AvgIpc) is 2.82. The molecule has 2 aromatic carbocycles. The number of nitrogens with one attached hydrogen (secondary N) is 1. The fourth-order valence-electron chi connectivity index (χ4n) is 2.98. The van der Waals surface area contributed by atoms with Crippen molar-refractivity contribution in [3.05, 3.63) is 58.1 Å². The number of hydrogen-bond donors (Lipinski definition) is 1. The Bertz CT molecular complexity index is 1060. The number of benzene rings is 2. The van der Waals surface area contributed by atoms with Crippen LogP contribution in [-0.2, 0) is 14.3 Å². The lowest BCUT2D eigenvalue weighted by Crippen LogP contribution is -2.43. The minimum Gasteiger partial charge on any atom is -0.497 e. The standard InChI is InChI=1S/C23H22BrN3O5/c1-30-19-4-2-3-18(13-19)26-23(29)17(14-25)11-16-5-6-21(20(24)12-16)32-15-22(28)27-7-9-31-10-8-27/h2-6,11-13H,7-10,15H2,1H3,(H,26,29)/b17-11-. The van der Waals surface area contributed by atoms with Crippen molar-refractivity contribution in [1.29, 1.82) is 5.26 Å². The zero-order valence-electron chi connectivity index (χ0n) is 17.5. The third-order valence-corrected chi connectivity index (χ3v) is 5.29. The number of anilines is 1. The molecular formula is C23H22BrN3O5. The van der Waals surface area contributed by atoms with Gasteiger partial charge in [-0.1, -0.05) is 12.1 Å². The second-order valence-electron chi connectivity index (χ2n) is 6.83. The van der Waals surface area contributed by atoms with Crippen molar-refractivity contribution in [2.75, 3.05) is 45.3 Å². The first-order chi connectivity index (χ1) is 15.5. The Hall–Kier alpha value is -3.35. The lowest BCUT2D eigenvalue weighted by atomic mass is 10.1. The molecule has 0 spiro atoms. The Morgan fingerprint density at radius 1 is 1.25 bits per heavy atom. The number of amides is 2. The van der Waals surface area contributed by atoms with Crippen molar-refractivity contribution < 1.29 is 23.8 Å². The van der Waals surface area contributed by atoms with E-state index in [9.17, 15) is 14.9 Å². The number of methoxy groups -OCH3 is 1. The van der Waals surface area contributed by atoms with Gasteiger partial charge in [0.25, 0.3) is 11.8 Å². The zero-order valence-corrected chi connectivity index (χ0v) is 19.1. The van der Waals surface area contributed by atoms with E-state index in [1.54, 1.807) is 47.4 Å². The summed E-state index contributed by atoms with van der Waals surface area (Å²) in [5.41, 5.74) is 1.09. The average molecular weight is 500 g/mol. The zero-order chi connectivity index (χ0) is 22.9. The molecular weight excluding hydrogens is 478 g/mol. The number of carbonyl (C=O) groups is 2. The normalized spacial score (nSPS) is 13.8. The van der Waals surface area contributed by atoms with Gasteiger partial charge in [0.2, 0.25) is 0 Å². The number of nitriles is 1. The Balaban J connectivity index is 1.64. The minimum absolute atomic E-state index is 0.0594. The van der Waals surface area contributed by atoms with Crippen molar-refractivity contribution in [1.82, 2.24) is 4.90 Å². The highest BCUT2D eigenvalue weighted by Crippen LogP contribution is 2.27. The largest absolute Gasteiger partial charge is 0.497 e. The third kappa shape index (κ3) is 6.33. The van der Waals surface area contributed by atoms with Gasteiger partial charge in [0.05, 0.1) is 24.8 Å². The maximum Gasteiger partial charge on any atom is 0.266 e. The fourth-order valence-corrected chi connectivity index (χ4v) is 3.49. The summed E-state index contributed by atoms with van der Waals surface area (Å²) in [6.07, 6.45) is 1.48. The predicted octanol–water partition coefficient (Wildman–Crippen LogP) is 3.24. The molecule has 8 nitrogen and oxygen atoms in total. The second kappa shape index (κ2) is 11.3. The maximum absolute atomic E-state index is 12.5. The predicted molar refractivity (Wildman–Crippen MR) is 122 cm³/mol. The molecule has 1 N–H and O–H groups in total. The van der Waals surface area contributed by atoms with Crippen molar-refractivity contribution in [3.8, 4) is 17.6 Å². The van der Waals surface area contributed by atoms with Gasteiger partial charge in [0.1, 0.15) is 23.1 Å². The van der Waals surface area contributed by atoms with Crippen LogP contribution in [0.5, 0.6) is 11.5 Å². The summed E-state index contributed by atoms with van der Waals surface area (Å²) in [6, 6.07) is 13.9. The molecule has 3 rings (SSSR count). The SMILES string of the molecule is COc1cccc(NC(=O)/C(C#N)=C\c2ccc(OCC(=O)N3CCOCC3)c(Br)c2)c1. The summed E-state index contributed by atoms with van der Waals surface area (Å²) in [7, 11) is 1.53. The van der Waals surface area contributed by atoms with Crippen molar-refractivity contribution in [3.63, 3.8) is 0 Å². The van der Waals surface area contributed by atoms with E-state index in [2.05, 4.69) is 21.2 Å². The summed E-state index contributed by atoms with van der Waals surface area (Å²) in [5, 5.41) is 12.1. The molecule has 1 fully saturated rings. The highest BCUT2D eigenvalue weighted by Gasteiger charge is 2.18. The first-order valence-corrected chi connectivity index (χ1v) is 10.6. The first kappa shape index (κ1) is 23.3. The van der Waals surface area contributed by atoms with Crippen molar-refractivity contribution in [2.45, 2.75) is 0 Å². The number of rotatable bonds is 7. The van der Waals surface area contributed by atoms with E-state index in [-0.39, 0.29) is 18.1 Å². The molecule has 2 amide bonds. The Morgan fingerprint density at radius 3 is 2.72 bits per heavy atom. The molecule has 166 valence electrons. The van der Waals surface area contributed by atoms with Crippen LogP contribution in [0, 0.1) is 11.3 Å². The van der Waals surface area contributed by atoms with Gasteiger partial charge >= 0.3 is 0 Å². The quantitative estimate of drug-likeness (QED) is 0.463. The topological polar surface area (TPSA) is 101 Å². The fraction of sp³-hybridized carbons (Fsp3) is 0.261. The van der Waals surface area contributed by atoms with Gasteiger partial charge < -0.3 is 24.4 Å². The summed E-state index contributed by atoms with van der Waals surface area (Å²) in [4.78, 5) is 26.4. The molecule has 0 radical (unpaired) electrons. The van der Waals surface area contributed by atoms with Crippen LogP contribution in [0.25, 0.3) is 6.08 Å². The van der Waals surface area contributed by atoms with Crippen LogP contribution in [0.1, 0.15) is 5.56 Å². The summed E-state index contributed by atoms with van der Waals surface area (Å²) < 4.78 is 16.6. The third-order valence-electron chi connectivity index (χ3n) is 4.67. The lowest BCUT2D eigenvalue weighted by molar-refractivity contribution is -0.137. The minimum atomic E-state index is -0.534. The van der Waals surface area contributed by atoms with Gasteiger partial charge in [-0.05, 0) is 51.8 Å². The van der Waals surface area contributed by atoms with Crippen LogP contribution in [0.3, 0.4) is 0 Å². The number of hydrogen-bond acceptors (Lipinski definition) is 6. The van der Waals surface area contributed by atoms with Gasteiger partial charge in [-0.2, -0.15) is 5.26 Å². The van der Waals surface area contributed by atoms with Gasteiger partial charge in [-0.3, -0.25) is 9.59 Å². The van der Waals surface area contributed by atoms with Gasteiger partial charge in [-0.15, -0.1) is 0 Å². The monoisotopic (exact) mass is 499 g/mol. The van der Waals surface area contributed by atoms with Crippen LogP contribution < -0.4 is 14.8 Å². The van der Waals surface area contributed by atoms with E-state index in [1.807, 2.05) is 6.07 Å². The summed E-state index contributed by atoms with van der Waals surface area (Å²) in [5.74, 6) is 0.443. The van der Waals surface area contributed by atoms with E-state index >= 15 is 0 Å². The van der Waals surface area contributed by atoms with Crippen LogP contribution in [0.2, 0.25) is 0 Å². The van der Waals surface area contributed by atoms with Crippen molar-refractivity contribution >= 4 is 39.5 Å². The number of morpholine rings is 1. The molecule has 2 aromatic rings. The summed E-state index contributed by atoms with van der Waals surface area (Å²) in [6.45, 7) is 2.09. The van der Waals surface area contributed by atoms with Gasteiger partial charge in [0, 0.05) is 24.8 Å². The second-order valence-corrected chi connectivity index (χ2v) is 7.68. The molecule has 0 atom stereocenters. The molecule has 0 saturated carbocycles. The summed E-state index contributed by atoms with van der Waals surface area (Å²) >= 11 is 3.42. The van der Waals surface area contributed by atoms with Crippen LogP contribution in [0.4, 0.5) is 5.69 Å². The first-order valence-electron chi connectivity index (χ1n) is 9.85. The molecule has 32 heavy (non-hydrogen) atoms. The number of ether oxygens (including phenoxy) is 3. The molecule has 0 unspecified atom stereocenters.